The lowest BCUT2D eigenvalue weighted by Crippen LogP contribution is -2.39. The predicted molar refractivity (Wildman–Crippen MR) is 124 cm³/mol. The lowest BCUT2D eigenvalue weighted by atomic mass is 10.3. The highest BCUT2D eigenvalue weighted by Gasteiger charge is 2.15. The van der Waals surface area contributed by atoms with Crippen molar-refractivity contribution in [2.45, 2.75) is 31.8 Å². The normalized spacial score (nSPS) is 16.7. The number of nitrogens with one attached hydrogen (secondary N) is 2. The number of ether oxygens (including phenoxy) is 2. The molecular weight excluding hydrogens is 489 g/mol. The molecule has 1 fully saturated rings. The fourth-order valence-electron chi connectivity index (χ4n) is 2.84. The van der Waals surface area contributed by atoms with Crippen LogP contribution in [0.2, 0.25) is 0 Å². The van der Waals surface area contributed by atoms with Crippen molar-refractivity contribution in [3.05, 3.63) is 46.5 Å². The van der Waals surface area contributed by atoms with Gasteiger partial charge in [0, 0.05) is 44.1 Å². The van der Waals surface area contributed by atoms with Gasteiger partial charge in [-0.3, -0.25) is 4.99 Å². The van der Waals surface area contributed by atoms with E-state index in [4.69, 9.17) is 13.9 Å². The van der Waals surface area contributed by atoms with Crippen LogP contribution in [0.1, 0.15) is 23.5 Å². The maximum absolute atomic E-state index is 5.80. The SMILES string of the molecule is I.c1coc(CCNC(=NCCCOC2CCOC2)NCCc2cccs2)c1. The van der Waals surface area contributed by atoms with Gasteiger partial charge in [0.2, 0.25) is 0 Å². The molecule has 2 aromatic heterocycles. The minimum Gasteiger partial charge on any atom is -0.469 e. The number of thiophene rings is 1. The van der Waals surface area contributed by atoms with E-state index >= 15 is 0 Å². The molecule has 0 aliphatic carbocycles. The lowest BCUT2D eigenvalue weighted by Gasteiger charge is -2.12. The van der Waals surface area contributed by atoms with Gasteiger partial charge < -0.3 is 24.5 Å². The summed E-state index contributed by atoms with van der Waals surface area (Å²) < 4.78 is 16.5. The average molecular weight is 519 g/mol. The van der Waals surface area contributed by atoms with Gasteiger partial charge in [-0.05, 0) is 42.8 Å². The van der Waals surface area contributed by atoms with Gasteiger partial charge in [0.25, 0.3) is 0 Å². The van der Waals surface area contributed by atoms with E-state index in [1.165, 1.54) is 4.88 Å². The molecule has 8 heteroatoms. The zero-order valence-electron chi connectivity index (χ0n) is 16.1. The van der Waals surface area contributed by atoms with Crippen molar-refractivity contribution in [1.29, 1.82) is 0 Å². The van der Waals surface area contributed by atoms with Crippen molar-refractivity contribution in [2.24, 2.45) is 4.99 Å². The van der Waals surface area contributed by atoms with Crippen molar-refractivity contribution < 1.29 is 13.9 Å². The number of halogens is 1. The first kappa shape index (κ1) is 23.2. The van der Waals surface area contributed by atoms with Crippen LogP contribution in [0.25, 0.3) is 0 Å². The van der Waals surface area contributed by atoms with Crippen LogP contribution in [0, 0.1) is 0 Å². The Morgan fingerprint density at radius 2 is 2.11 bits per heavy atom. The third-order valence-corrected chi connectivity index (χ3v) is 5.24. The average Bonchev–Trinajstić information content (AvgIpc) is 3.44. The van der Waals surface area contributed by atoms with Crippen LogP contribution in [-0.2, 0) is 22.3 Å². The van der Waals surface area contributed by atoms with Gasteiger partial charge in [-0.1, -0.05) is 6.07 Å². The number of rotatable bonds is 11. The van der Waals surface area contributed by atoms with Crippen LogP contribution >= 0.6 is 35.3 Å². The molecule has 6 nitrogen and oxygen atoms in total. The number of hydrogen-bond acceptors (Lipinski definition) is 5. The first-order valence-corrected chi connectivity index (χ1v) is 10.5. The molecule has 3 rings (SSSR count). The van der Waals surface area contributed by atoms with Crippen LogP contribution in [-0.4, -0.2) is 51.5 Å². The summed E-state index contributed by atoms with van der Waals surface area (Å²) in [6.07, 6.45) is 5.73. The van der Waals surface area contributed by atoms with Crippen LogP contribution in [0.3, 0.4) is 0 Å². The summed E-state index contributed by atoms with van der Waals surface area (Å²) in [7, 11) is 0. The maximum Gasteiger partial charge on any atom is 0.191 e. The van der Waals surface area contributed by atoms with Crippen LogP contribution < -0.4 is 10.6 Å². The molecule has 1 unspecified atom stereocenters. The van der Waals surface area contributed by atoms with Gasteiger partial charge in [0.05, 0.1) is 19.0 Å². The Hall–Kier alpha value is -1.10. The molecule has 1 aliphatic heterocycles. The predicted octanol–water partition coefficient (Wildman–Crippen LogP) is 3.48. The van der Waals surface area contributed by atoms with E-state index in [2.05, 4.69) is 33.1 Å². The molecule has 0 saturated carbocycles. The second kappa shape index (κ2) is 14.0. The van der Waals surface area contributed by atoms with Crippen molar-refractivity contribution in [3.63, 3.8) is 0 Å². The number of nitrogens with zero attached hydrogens (tertiary/aromatic N) is 1. The minimum atomic E-state index is 0. The number of guanidine groups is 1. The highest BCUT2D eigenvalue weighted by molar-refractivity contribution is 14.0. The Balaban J connectivity index is 0.00000280. The zero-order chi connectivity index (χ0) is 18.6. The molecule has 1 aliphatic rings. The Morgan fingerprint density at radius 1 is 1.21 bits per heavy atom. The van der Waals surface area contributed by atoms with Gasteiger partial charge in [0.15, 0.2) is 5.96 Å². The van der Waals surface area contributed by atoms with Crippen LogP contribution in [0.4, 0.5) is 0 Å². The summed E-state index contributed by atoms with van der Waals surface area (Å²) in [5.74, 6) is 1.83. The van der Waals surface area contributed by atoms with Gasteiger partial charge >= 0.3 is 0 Å². The van der Waals surface area contributed by atoms with E-state index in [9.17, 15) is 0 Å². The first-order valence-electron chi connectivity index (χ1n) is 9.66. The molecule has 1 saturated heterocycles. The first-order chi connectivity index (χ1) is 13.4. The second-order valence-electron chi connectivity index (χ2n) is 6.45. The van der Waals surface area contributed by atoms with Crippen molar-refractivity contribution in [2.75, 3.05) is 39.5 Å². The number of aliphatic imine (C=N–C) groups is 1. The largest absolute Gasteiger partial charge is 0.469 e. The fourth-order valence-corrected chi connectivity index (χ4v) is 3.55. The van der Waals surface area contributed by atoms with Gasteiger partial charge in [-0.2, -0.15) is 0 Å². The summed E-state index contributed by atoms with van der Waals surface area (Å²) in [4.78, 5) is 6.06. The van der Waals surface area contributed by atoms with E-state index in [1.54, 1.807) is 17.6 Å². The van der Waals surface area contributed by atoms with Crippen LogP contribution in [0.15, 0.2) is 45.3 Å². The van der Waals surface area contributed by atoms with E-state index in [0.29, 0.717) is 0 Å². The van der Waals surface area contributed by atoms with E-state index < -0.39 is 0 Å². The Labute approximate surface area is 188 Å². The highest BCUT2D eigenvalue weighted by atomic mass is 127. The maximum atomic E-state index is 5.80. The Kier molecular flexibility index (Phi) is 11.6. The van der Waals surface area contributed by atoms with Crippen LogP contribution in [0.5, 0.6) is 0 Å². The molecule has 2 aromatic rings. The summed E-state index contributed by atoms with van der Waals surface area (Å²) in [6, 6.07) is 8.16. The molecule has 0 spiro atoms. The molecule has 28 heavy (non-hydrogen) atoms. The molecule has 0 radical (unpaired) electrons. The van der Waals surface area contributed by atoms with Crippen molar-refractivity contribution in [3.8, 4) is 0 Å². The third-order valence-electron chi connectivity index (χ3n) is 4.30. The molecule has 156 valence electrons. The summed E-state index contributed by atoms with van der Waals surface area (Å²) in [5, 5.41) is 8.93. The standard InChI is InChI=1S/C20H29N3O3S.HI/c1-4-17(25-12-1)6-10-22-20(23-11-7-19-5-2-15-27-19)21-9-3-13-26-18-8-14-24-16-18;/h1-2,4-5,12,15,18H,3,6-11,13-14,16H2,(H2,21,22,23);1H. The van der Waals surface area contributed by atoms with Crippen molar-refractivity contribution in [1.82, 2.24) is 10.6 Å². The smallest absolute Gasteiger partial charge is 0.191 e. The minimum absolute atomic E-state index is 0. The van der Waals surface area contributed by atoms with Crippen molar-refractivity contribution >= 4 is 41.3 Å². The molecule has 0 amide bonds. The van der Waals surface area contributed by atoms with E-state index in [0.717, 1.165) is 76.9 Å². The number of hydrogen-bond donors (Lipinski definition) is 2. The second-order valence-corrected chi connectivity index (χ2v) is 7.48. The molecule has 0 aromatic carbocycles. The van der Waals surface area contributed by atoms with Gasteiger partial charge in [-0.15, -0.1) is 35.3 Å². The van der Waals surface area contributed by atoms with Gasteiger partial charge in [-0.25, -0.2) is 0 Å². The summed E-state index contributed by atoms with van der Waals surface area (Å²) >= 11 is 1.79. The zero-order valence-corrected chi connectivity index (χ0v) is 19.2. The molecule has 0 bridgehead atoms. The summed E-state index contributed by atoms with van der Waals surface area (Å²) in [6.45, 7) is 4.67. The topological polar surface area (TPSA) is 68.0 Å². The Bertz CT molecular complexity index is 601. The number of furan rings is 1. The fraction of sp³-hybridized carbons (Fsp3) is 0.550. The quantitative estimate of drug-likeness (QED) is 0.206. The highest BCUT2D eigenvalue weighted by Crippen LogP contribution is 2.09. The summed E-state index contributed by atoms with van der Waals surface area (Å²) in [5.41, 5.74) is 0. The monoisotopic (exact) mass is 519 g/mol. The molecule has 3 heterocycles. The van der Waals surface area contributed by atoms with E-state index in [-0.39, 0.29) is 30.1 Å². The molecular formula is C20H30IN3O3S. The lowest BCUT2D eigenvalue weighted by molar-refractivity contribution is 0.0424. The molecule has 1 atom stereocenters. The molecule has 2 N–H and O–H groups in total. The third kappa shape index (κ3) is 8.93. The van der Waals surface area contributed by atoms with Gasteiger partial charge in [0.1, 0.15) is 5.76 Å². The van der Waals surface area contributed by atoms with E-state index in [1.807, 2.05) is 12.1 Å². The Morgan fingerprint density at radius 3 is 2.82 bits per heavy atom.